The summed E-state index contributed by atoms with van der Waals surface area (Å²) in [4.78, 5) is 4.36. The van der Waals surface area contributed by atoms with Gasteiger partial charge < -0.3 is 5.32 Å². The van der Waals surface area contributed by atoms with E-state index in [1.165, 1.54) is 0 Å². The van der Waals surface area contributed by atoms with Crippen LogP contribution >= 0.6 is 23.2 Å². The Morgan fingerprint density at radius 2 is 2.00 bits per heavy atom. The lowest BCUT2D eigenvalue weighted by atomic mass is 10.0. The molecule has 19 heavy (non-hydrogen) atoms. The molecule has 2 nitrogen and oxygen atoms in total. The maximum atomic E-state index is 6.28. The SMILES string of the molecule is CNC(Cc1ccc(C)cc1Cl)c1ncccc1Cl. The van der Waals surface area contributed by atoms with Crippen LogP contribution in [-0.4, -0.2) is 12.0 Å². The zero-order valence-corrected chi connectivity index (χ0v) is 12.5. The highest BCUT2D eigenvalue weighted by atomic mass is 35.5. The lowest BCUT2D eigenvalue weighted by molar-refractivity contribution is 0.576. The van der Waals surface area contributed by atoms with Gasteiger partial charge in [0.1, 0.15) is 0 Å². The molecule has 0 spiro atoms. The monoisotopic (exact) mass is 294 g/mol. The van der Waals surface area contributed by atoms with Crippen molar-refractivity contribution in [1.82, 2.24) is 10.3 Å². The molecule has 0 aliphatic rings. The minimum Gasteiger partial charge on any atom is -0.311 e. The summed E-state index contributed by atoms with van der Waals surface area (Å²) >= 11 is 12.5. The third-order valence-electron chi connectivity index (χ3n) is 3.10. The van der Waals surface area contributed by atoms with E-state index in [4.69, 9.17) is 23.2 Å². The summed E-state index contributed by atoms with van der Waals surface area (Å²) in [6, 6.07) is 9.83. The molecule has 1 heterocycles. The number of hydrogen-bond donors (Lipinski definition) is 1. The minimum absolute atomic E-state index is 0.0499. The van der Waals surface area contributed by atoms with Crippen molar-refractivity contribution in [2.75, 3.05) is 7.05 Å². The second kappa shape index (κ2) is 6.38. The van der Waals surface area contributed by atoms with Gasteiger partial charge in [-0.05, 0) is 49.7 Å². The van der Waals surface area contributed by atoms with Gasteiger partial charge in [0.05, 0.1) is 16.8 Å². The van der Waals surface area contributed by atoms with Crippen molar-refractivity contribution in [1.29, 1.82) is 0 Å². The summed E-state index contributed by atoms with van der Waals surface area (Å²) in [5, 5.41) is 4.70. The molecule has 1 atom stereocenters. The van der Waals surface area contributed by atoms with Crippen LogP contribution in [0.15, 0.2) is 36.5 Å². The average molecular weight is 295 g/mol. The number of benzene rings is 1. The summed E-state index contributed by atoms with van der Waals surface area (Å²) in [5.74, 6) is 0. The molecule has 0 aliphatic heterocycles. The van der Waals surface area contributed by atoms with Crippen LogP contribution in [0.3, 0.4) is 0 Å². The highest BCUT2D eigenvalue weighted by molar-refractivity contribution is 6.31. The summed E-state index contributed by atoms with van der Waals surface area (Å²) in [6.07, 6.45) is 2.51. The fraction of sp³-hybridized carbons (Fsp3) is 0.267. The van der Waals surface area contributed by atoms with Gasteiger partial charge >= 0.3 is 0 Å². The van der Waals surface area contributed by atoms with Crippen LogP contribution in [0.4, 0.5) is 0 Å². The number of aryl methyl sites for hydroxylation is 1. The summed E-state index contributed by atoms with van der Waals surface area (Å²) in [5.41, 5.74) is 3.10. The van der Waals surface area contributed by atoms with Gasteiger partial charge in [0.25, 0.3) is 0 Å². The quantitative estimate of drug-likeness (QED) is 0.914. The van der Waals surface area contributed by atoms with E-state index >= 15 is 0 Å². The molecular weight excluding hydrogens is 279 g/mol. The van der Waals surface area contributed by atoms with E-state index in [1.807, 2.05) is 32.2 Å². The van der Waals surface area contributed by atoms with Gasteiger partial charge in [-0.2, -0.15) is 0 Å². The Morgan fingerprint density at radius 3 is 2.63 bits per heavy atom. The molecule has 2 rings (SSSR count). The maximum Gasteiger partial charge on any atom is 0.0762 e. The van der Waals surface area contributed by atoms with Gasteiger partial charge in [0.2, 0.25) is 0 Å². The van der Waals surface area contributed by atoms with E-state index in [0.29, 0.717) is 5.02 Å². The Hall–Kier alpha value is -1.09. The standard InChI is InChI=1S/C15H16Cl2N2/c1-10-5-6-11(13(17)8-10)9-14(18-2)15-12(16)4-3-7-19-15/h3-8,14,18H,9H2,1-2H3. The molecule has 4 heteroatoms. The predicted molar refractivity (Wildman–Crippen MR) is 80.9 cm³/mol. The molecule has 0 amide bonds. The maximum absolute atomic E-state index is 6.28. The molecular formula is C15H16Cl2N2. The van der Waals surface area contributed by atoms with Gasteiger partial charge in [-0.15, -0.1) is 0 Å². The smallest absolute Gasteiger partial charge is 0.0762 e. The molecule has 100 valence electrons. The van der Waals surface area contributed by atoms with E-state index < -0.39 is 0 Å². The Bertz CT molecular complexity index is 570. The van der Waals surface area contributed by atoms with Gasteiger partial charge in [-0.1, -0.05) is 35.3 Å². The molecule has 1 N–H and O–H groups in total. The Kier molecular flexibility index (Phi) is 4.81. The molecule has 1 aromatic heterocycles. The molecule has 0 bridgehead atoms. The van der Waals surface area contributed by atoms with E-state index in [-0.39, 0.29) is 6.04 Å². The fourth-order valence-electron chi connectivity index (χ4n) is 2.03. The van der Waals surface area contributed by atoms with Crippen LogP contribution in [0.5, 0.6) is 0 Å². The first-order chi connectivity index (χ1) is 9.11. The molecule has 0 saturated heterocycles. The van der Waals surface area contributed by atoms with Gasteiger partial charge in [0, 0.05) is 11.2 Å². The van der Waals surface area contributed by atoms with Crippen LogP contribution in [0.2, 0.25) is 10.0 Å². The van der Waals surface area contributed by atoms with Crippen molar-refractivity contribution in [3.63, 3.8) is 0 Å². The van der Waals surface area contributed by atoms with Gasteiger partial charge in [0.15, 0.2) is 0 Å². The highest BCUT2D eigenvalue weighted by Gasteiger charge is 2.16. The third-order valence-corrected chi connectivity index (χ3v) is 3.77. The van der Waals surface area contributed by atoms with Crippen molar-refractivity contribution in [3.8, 4) is 0 Å². The van der Waals surface area contributed by atoms with E-state index in [9.17, 15) is 0 Å². The average Bonchev–Trinajstić information content (AvgIpc) is 2.39. The van der Waals surface area contributed by atoms with Crippen LogP contribution < -0.4 is 5.32 Å². The largest absolute Gasteiger partial charge is 0.311 e. The summed E-state index contributed by atoms with van der Waals surface area (Å²) < 4.78 is 0. The molecule has 1 unspecified atom stereocenters. The number of aromatic nitrogens is 1. The van der Waals surface area contributed by atoms with Crippen molar-refractivity contribution < 1.29 is 0 Å². The number of halogens is 2. The second-order valence-corrected chi connectivity index (χ2v) is 5.33. The molecule has 0 aliphatic carbocycles. The summed E-state index contributed by atoms with van der Waals surface area (Å²) in [6.45, 7) is 2.03. The minimum atomic E-state index is 0.0499. The third kappa shape index (κ3) is 3.47. The molecule has 2 aromatic rings. The van der Waals surface area contributed by atoms with Crippen molar-refractivity contribution in [2.45, 2.75) is 19.4 Å². The Labute approximate surface area is 123 Å². The first-order valence-corrected chi connectivity index (χ1v) is 6.90. The normalized spacial score (nSPS) is 12.4. The predicted octanol–water partition coefficient (Wildman–Crippen LogP) is 4.20. The van der Waals surface area contributed by atoms with Crippen LogP contribution in [0.25, 0.3) is 0 Å². The molecule has 1 aromatic carbocycles. The Morgan fingerprint density at radius 1 is 1.21 bits per heavy atom. The highest BCUT2D eigenvalue weighted by Crippen LogP contribution is 2.26. The van der Waals surface area contributed by atoms with Crippen molar-refractivity contribution in [2.24, 2.45) is 0 Å². The van der Waals surface area contributed by atoms with Crippen LogP contribution in [0.1, 0.15) is 22.9 Å². The van der Waals surface area contributed by atoms with Crippen LogP contribution in [-0.2, 0) is 6.42 Å². The summed E-state index contributed by atoms with van der Waals surface area (Å²) in [7, 11) is 1.90. The van der Waals surface area contributed by atoms with Gasteiger partial charge in [-0.3, -0.25) is 4.98 Å². The molecule has 0 radical (unpaired) electrons. The molecule has 0 saturated carbocycles. The van der Waals surface area contributed by atoms with E-state index in [0.717, 1.165) is 28.3 Å². The first-order valence-electron chi connectivity index (χ1n) is 6.14. The van der Waals surface area contributed by atoms with Gasteiger partial charge in [-0.25, -0.2) is 0 Å². The lowest BCUT2D eigenvalue weighted by Gasteiger charge is -2.17. The number of nitrogens with zero attached hydrogens (tertiary/aromatic N) is 1. The topological polar surface area (TPSA) is 24.9 Å². The van der Waals surface area contributed by atoms with Crippen LogP contribution in [0, 0.1) is 6.92 Å². The van der Waals surface area contributed by atoms with Crippen molar-refractivity contribution >= 4 is 23.2 Å². The van der Waals surface area contributed by atoms with Crippen molar-refractivity contribution in [3.05, 3.63) is 63.4 Å². The Balaban J connectivity index is 2.27. The first kappa shape index (κ1) is 14.3. The zero-order valence-electron chi connectivity index (χ0n) is 11.0. The molecule has 0 fully saturated rings. The number of rotatable bonds is 4. The number of nitrogens with one attached hydrogen (secondary N) is 1. The van der Waals surface area contributed by atoms with E-state index in [1.54, 1.807) is 6.20 Å². The second-order valence-electron chi connectivity index (χ2n) is 4.51. The number of likely N-dealkylation sites (N-methyl/N-ethyl adjacent to an activating group) is 1. The number of pyridine rings is 1. The fourth-order valence-corrected chi connectivity index (χ4v) is 2.59. The lowest BCUT2D eigenvalue weighted by Crippen LogP contribution is -2.20. The van der Waals surface area contributed by atoms with E-state index in [2.05, 4.69) is 22.4 Å². The zero-order chi connectivity index (χ0) is 13.8. The number of hydrogen-bond acceptors (Lipinski definition) is 2.